The topological polar surface area (TPSA) is 81.5 Å². The molecule has 2 rings (SSSR count). The van der Waals surface area contributed by atoms with Gasteiger partial charge in [0.25, 0.3) is 5.91 Å². The number of carbonyl (C=O) groups excluding carboxylic acids is 1. The van der Waals surface area contributed by atoms with Gasteiger partial charge in [-0.05, 0) is 50.0 Å². The van der Waals surface area contributed by atoms with Crippen molar-refractivity contribution in [2.75, 3.05) is 33.4 Å². The van der Waals surface area contributed by atoms with Crippen LogP contribution in [0.1, 0.15) is 21.5 Å². The molecule has 0 spiro atoms. The fourth-order valence-corrected chi connectivity index (χ4v) is 3.45. The quantitative estimate of drug-likeness (QED) is 0.689. The van der Waals surface area contributed by atoms with Gasteiger partial charge in [-0.15, -0.1) is 0 Å². The van der Waals surface area contributed by atoms with E-state index in [0.717, 1.165) is 11.8 Å². The van der Waals surface area contributed by atoms with Gasteiger partial charge in [-0.25, -0.2) is 8.42 Å². The zero-order valence-corrected chi connectivity index (χ0v) is 17.6. The van der Waals surface area contributed by atoms with E-state index in [1.54, 1.807) is 23.1 Å². The van der Waals surface area contributed by atoms with Gasteiger partial charge in [-0.1, -0.05) is 23.7 Å². The minimum atomic E-state index is -3.47. The number of hydrogen-bond donors (Lipinski definition) is 0. The number of benzene rings is 2. The Bertz CT molecular complexity index is 1010. The lowest BCUT2D eigenvalue weighted by Crippen LogP contribution is -2.36. The number of halogens is 1. The standard InChI is InChI=1S/C20H22ClN3O3S/c1-23(2)9-10-24(14-16-6-4-5-15(11-16)13-22)20(25)18-12-17(28(3,26)27)7-8-19(18)21/h4-8,11-12H,9-10,14H2,1-3H3. The Morgan fingerprint density at radius 3 is 2.46 bits per heavy atom. The number of nitriles is 1. The summed E-state index contributed by atoms with van der Waals surface area (Å²) in [4.78, 5) is 16.8. The lowest BCUT2D eigenvalue weighted by atomic mass is 10.1. The van der Waals surface area contributed by atoms with Crippen molar-refractivity contribution in [2.24, 2.45) is 0 Å². The molecule has 0 radical (unpaired) electrons. The SMILES string of the molecule is CN(C)CCN(Cc1cccc(C#N)c1)C(=O)c1cc(S(C)(=O)=O)ccc1Cl. The third kappa shape index (κ3) is 5.80. The Kier molecular flexibility index (Phi) is 7.19. The molecule has 2 aromatic carbocycles. The van der Waals surface area contributed by atoms with Crippen molar-refractivity contribution in [3.8, 4) is 6.07 Å². The second-order valence-corrected chi connectivity index (χ2v) is 9.18. The monoisotopic (exact) mass is 419 g/mol. The van der Waals surface area contributed by atoms with Crippen molar-refractivity contribution in [1.29, 1.82) is 5.26 Å². The third-order valence-corrected chi connectivity index (χ3v) is 5.57. The van der Waals surface area contributed by atoms with Crippen LogP contribution < -0.4 is 0 Å². The molecule has 6 nitrogen and oxygen atoms in total. The summed E-state index contributed by atoms with van der Waals surface area (Å²) in [7, 11) is 0.329. The first-order valence-electron chi connectivity index (χ1n) is 8.54. The molecule has 0 fully saturated rings. The molecule has 0 aliphatic heterocycles. The predicted octanol–water partition coefficient (Wildman–Crippen LogP) is 2.82. The van der Waals surface area contributed by atoms with Crippen molar-refractivity contribution in [3.63, 3.8) is 0 Å². The maximum absolute atomic E-state index is 13.2. The molecular formula is C20H22ClN3O3S. The Labute approximate surface area is 170 Å². The van der Waals surface area contributed by atoms with E-state index >= 15 is 0 Å². The lowest BCUT2D eigenvalue weighted by Gasteiger charge is -2.25. The maximum Gasteiger partial charge on any atom is 0.255 e. The number of sulfone groups is 1. The number of rotatable bonds is 7. The van der Waals surface area contributed by atoms with Crippen molar-refractivity contribution in [3.05, 3.63) is 64.2 Å². The first kappa shape index (κ1) is 21.9. The first-order chi connectivity index (χ1) is 13.1. The molecular weight excluding hydrogens is 398 g/mol. The van der Waals surface area contributed by atoms with Crippen LogP contribution in [0.3, 0.4) is 0 Å². The predicted molar refractivity (Wildman–Crippen MR) is 109 cm³/mol. The maximum atomic E-state index is 13.2. The lowest BCUT2D eigenvalue weighted by molar-refractivity contribution is 0.0732. The number of amides is 1. The van der Waals surface area contributed by atoms with Crippen molar-refractivity contribution in [2.45, 2.75) is 11.4 Å². The second-order valence-electron chi connectivity index (χ2n) is 6.76. The van der Waals surface area contributed by atoms with Gasteiger partial charge in [-0.2, -0.15) is 5.26 Å². The molecule has 0 aliphatic carbocycles. The molecule has 0 saturated carbocycles. The number of likely N-dealkylation sites (N-methyl/N-ethyl adjacent to an activating group) is 1. The summed E-state index contributed by atoms with van der Waals surface area (Å²) in [5.41, 5.74) is 1.45. The Morgan fingerprint density at radius 2 is 1.86 bits per heavy atom. The molecule has 0 aromatic heterocycles. The van der Waals surface area contributed by atoms with Gasteiger partial charge in [0.05, 0.1) is 27.1 Å². The van der Waals surface area contributed by atoms with Crippen LogP contribution in [0.2, 0.25) is 5.02 Å². The Balaban J connectivity index is 2.40. The van der Waals surface area contributed by atoms with E-state index in [1.807, 2.05) is 25.1 Å². The average Bonchev–Trinajstić information content (AvgIpc) is 2.64. The van der Waals surface area contributed by atoms with Crippen LogP contribution in [-0.2, 0) is 16.4 Å². The van der Waals surface area contributed by atoms with Crippen molar-refractivity contribution >= 4 is 27.3 Å². The first-order valence-corrected chi connectivity index (χ1v) is 10.8. The highest BCUT2D eigenvalue weighted by molar-refractivity contribution is 7.90. The number of nitrogens with zero attached hydrogens (tertiary/aromatic N) is 3. The second kappa shape index (κ2) is 9.20. The van der Waals surface area contributed by atoms with Crippen LogP contribution in [0.4, 0.5) is 0 Å². The summed E-state index contributed by atoms with van der Waals surface area (Å²) in [6, 6.07) is 13.2. The molecule has 0 aliphatic rings. The van der Waals surface area contributed by atoms with Crippen LogP contribution >= 0.6 is 11.6 Å². The molecule has 2 aromatic rings. The van der Waals surface area contributed by atoms with E-state index in [9.17, 15) is 13.2 Å². The summed E-state index contributed by atoms with van der Waals surface area (Å²) in [6.07, 6.45) is 1.09. The smallest absolute Gasteiger partial charge is 0.255 e. The summed E-state index contributed by atoms with van der Waals surface area (Å²) < 4.78 is 23.7. The van der Waals surface area contributed by atoms with Gasteiger partial charge in [0.1, 0.15) is 0 Å². The van der Waals surface area contributed by atoms with Gasteiger partial charge < -0.3 is 9.80 Å². The Hall–Kier alpha value is -2.40. The highest BCUT2D eigenvalue weighted by atomic mass is 35.5. The van der Waals surface area contributed by atoms with Crippen LogP contribution in [0.25, 0.3) is 0 Å². The minimum absolute atomic E-state index is 0.0410. The van der Waals surface area contributed by atoms with E-state index in [2.05, 4.69) is 6.07 Å². The average molecular weight is 420 g/mol. The summed E-state index contributed by atoms with van der Waals surface area (Å²) in [5, 5.41) is 9.28. The van der Waals surface area contributed by atoms with Crippen molar-refractivity contribution in [1.82, 2.24) is 9.80 Å². The van der Waals surface area contributed by atoms with Gasteiger partial charge in [-0.3, -0.25) is 4.79 Å². The fourth-order valence-electron chi connectivity index (χ4n) is 2.60. The molecule has 148 valence electrons. The van der Waals surface area contributed by atoms with Crippen LogP contribution in [-0.4, -0.2) is 57.6 Å². The van der Waals surface area contributed by atoms with E-state index < -0.39 is 9.84 Å². The number of carbonyl (C=O) groups is 1. The van der Waals surface area contributed by atoms with Crippen LogP contribution in [0.15, 0.2) is 47.4 Å². The summed E-state index contributed by atoms with van der Waals surface area (Å²) in [5.74, 6) is -0.361. The molecule has 8 heteroatoms. The molecule has 0 atom stereocenters. The minimum Gasteiger partial charge on any atom is -0.333 e. The largest absolute Gasteiger partial charge is 0.333 e. The van der Waals surface area contributed by atoms with E-state index in [0.29, 0.717) is 18.7 Å². The molecule has 0 bridgehead atoms. The van der Waals surface area contributed by atoms with E-state index in [-0.39, 0.29) is 27.9 Å². The zero-order chi connectivity index (χ0) is 20.9. The van der Waals surface area contributed by atoms with Gasteiger partial charge in [0.15, 0.2) is 9.84 Å². The van der Waals surface area contributed by atoms with E-state index in [1.165, 1.54) is 18.2 Å². The van der Waals surface area contributed by atoms with Crippen LogP contribution in [0, 0.1) is 11.3 Å². The molecule has 0 heterocycles. The zero-order valence-electron chi connectivity index (χ0n) is 16.0. The van der Waals surface area contributed by atoms with Crippen LogP contribution in [0.5, 0.6) is 0 Å². The number of hydrogen-bond acceptors (Lipinski definition) is 5. The van der Waals surface area contributed by atoms with Gasteiger partial charge in [0, 0.05) is 25.9 Å². The van der Waals surface area contributed by atoms with Crippen molar-refractivity contribution < 1.29 is 13.2 Å². The third-order valence-electron chi connectivity index (χ3n) is 4.13. The summed E-state index contributed by atoms with van der Waals surface area (Å²) >= 11 is 6.20. The molecule has 0 N–H and O–H groups in total. The fraction of sp³-hybridized carbons (Fsp3) is 0.300. The van der Waals surface area contributed by atoms with E-state index in [4.69, 9.17) is 16.9 Å². The molecule has 0 saturated heterocycles. The Morgan fingerprint density at radius 1 is 1.14 bits per heavy atom. The summed E-state index contributed by atoms with van der Waals surface area (Å²) in [6.45, 7) is 1.32. The molecule has 1 amide bonds. The highest BCUT2D eigenvalue weighted by Crippen LogP contribution is 2.23. The molecule has 28 heavy (non-hydrogen) atoms. The highest BCUT2D eigenvalue weighted by Gasteiger charge is 2.21. The van der Waals surface area contributed by atoms with Gasteiger partial charge in [0.2, 0.25) is 0 Å². The normalized spacial score (nSPS) is 11.3. The van der Waals surface area contributed by atoms with Gasteiger partial charge >= 0.3 is 0 Å². The molecule has 0 unspecified atom stereocenters.